The molecule has 4 atom stereocenters. The molecule has 0 saturated carbocycles. The maximum atomic E-state index is 7.19. The summed E-state index contributed by atoms with van der Waals surface area (Å²) in [5.74, 6) is 0. The molecule has 24 heavy (non-hydrogen) atoms. The Bertz CT molecular complexity index is 403. The lowest BCUT2D eigenvalue weighted by molar-refractivity contribution is 0.0344. The van der Waals surface area contributed by atoms with Gasteiger partial charge in [0.05, 0.1) is 50.8 Å². The van der Waals surface area contributed by atoms with Crippen molar-refractivity contribution in [1.82, 2.24) is 0 Å². The predicted octanol–water partition coefficient (Wildman–Crippen LogP) is 0.955. The van der Waals surface area contributed by atoms with Crippen LogP contribution in [-0.4, -0.2) is 62.9 Å². The summed E-state index contributed by atoms with van der Waals surface area (Å²) in [6, 6.07) is 0. The van der Waals surface area contributed by atoms with Gasteiger partial charge in [0.25, 0.3) is 0 Å². The maximum absolute atomic E-state index is 7.19. The summed E-state index contributed by atoms with van der Waals surface area (Å²) in [5.41, 5.74) is 12.7. The summed E-state index contributed by atoms with van der Waals surface area (Å²) in [7, 11) is 0. The quantitative estimate of drug-likeness (QED) is 0.382. The number of ether oxygens (including phenoxy) is 4. The van der Waals surface area contributed by atoms with Crippen LogP contribution in [0.5, 0.6) is 0 Å². The number of nitrogens with two attached hydrogens (primary N) is 2. The molecule has 0 bridgehead atoms. The Morgan fingerprint density at radius 1 is 0.708 bits per heavy atom. The Hall–Kier alpha value is -0.240. The Morgan fingerprint density at radius 2 is 1.12 bits per heavy atom. The average Bonchev–Trinajstić information content (AvgIpc) is 3.36. The number of hydrogen-bond acceptors (Lipinski definition) is 6. The van der Waals surface area contributed by atoms with Gasteiger partial charge in [0, 0.05) is 5.54 Å². The van der Waals surface area contributed by atoms with Gasteiger partial charge >= 0.3 is 0 Å². The van der Waals surface area contributed by atoms with Crippen molar-refractivity contribution in [3.63, 3.8) is 0 Å². The molecule has 4 saturated heterocycles. The molecule has 0 spiro atoms. The van der Waals surface area contributed by atoms with E-state index in [2.05, 4.69) is 0 Å². The number of epoxide rings is 4. The molecule has 0 aromatic heterocycles. The SMILES string of the molecule is NCCCCC(CC1CO1)(CC1CO1)C(N)(CC1CO1)CC1CO1. The van der Waals surface area contributed by atoms with Crippen molar-refractivity contribution in [2.45, 2.75) is 74.9 Å². The molecule has 4 fully saturated rings. The molecule has 0 aromatic rings. The van der Waals surface area contributed by atoms with Crippen LogP contribution in [0, 0.1) is 5.41 Å². The van der Waals surface area contributed by atoms with E-state index in [-0.39, 0.29) is 11.0 Å². The molecular formula is C18H32N2O4. The molecule has 0 amide bonds. The van der Waals surface area contributed by atoms with Gasteiger partial charge in [-0.15, -0.1) is 0 Å². The first-order chi connectivity index (χ1) is 11.6. The molecule has 138 valence electrons. The molecule has 4 heterocycles. The van der Waals surface area contributed by atoms with Gasteiger partial charge in [-0.05, 0) is 50.5 Å². The second-order valence-corrected chi connectivity index (χ2v) is 8.32. The molecule has 0 aromatic carbocycles. The fourth-order valence-electron chi connectivity index (χ4n) is 4.49. The van der Waals surface area contributed by atoms with Gasteiger partial charge in [0.1, 0.15) is 0 Å². The van der Waals surface area contributed by atoms with Crippen LogP contribution in [0.4, 0.5) is 0 Å². The number of rotatable bonds is 13. The highest BCUT2D eigenvalue weighted by molar-refractivity contribution is 5.10. The van der Waals surface area contributed by atoms with Gasteiger partial charge < -0.3 is 30.4 Å². The van der Waals surface area contributed by atoms with E-state index in [0.29, 0.717) is 24.4 Å². The average molecular weight is 340 g/mol. The Labute approximate surface area is 144 Å². The highest BCUT2D eigenvalue weighted by Crippen LogP contribution is 2.53. The summed E-state index contributed by atoms with van der Waals surface area (Å²) in [5, 5.41) is 0. The van der Waals surface area contributed by atoms with E-state index in [1.165, 1.54) is 0 Å². The maximum Gasteiger partial charge on any atom is 0.0827 e. The third-order valence-electron chi connectivity index (χ3n) is 6.20. The van der Waals surface area contributed by atoms with E-state index in [1.807, 2.05) is 0 Å². The lowest BCUT2D eigenvalue weighted by atomic mass is 9.58. The van der Waals surface area contributed by atoms with Crippen LogP contribution >= 0.6 is 0 Å². The molecular weight excluding hydrogens is 308 g/mol. The largest absolute Gasteiger partial charge is 0.373 e. The van der Waals surface area contributed by atoms with Gasteiger partial charge in [-0.1, -0.05) is 6.42 Å². The van der Waals surface area contributed by atoms with Crippen molar-refractivity contribution < 1.29 is 18.9 Å². The van der Waals surface area contributed by atoms with Gasteiger partial charge in [0.2, 0.25) is 0 Å². The lowest BCUT2D eigenvalue weighted by Crippen LogP contribution is -2.58. The molecule has 4 aliphatic heterocycles. The minimum atomic E-state index is -0.276. The standard InChI is InChI=1S/C18H32N2O4/c19-4-2-1-3-17(5-13-9-21-13,6-14-10-22-14)18(20,7-15-11-23-15)8-16-12-24-16/h13-16H,1-12,19-20H2. The highest BCUT2D eigenvalue weighted by Gasteiger charge is 2.56. The summed E-state index contributed by atoms with van der Waals surface area (Å²) >= 11 is 0. The molecule has 4 N–H and O–H groups in total. The molecule has 0 radical (unpaired) electrons. The Kier molecular flexibility index (Phi) is 4.88. The minimum Gasteiger partial charge on any atom is -0.373 e. The van der Waals surface area contributed by atoms with Crippen LogP contribution in [0.15, 0.2) is 0 Å². The molecule has 6 nitrogen and oxygen atoms in total. The van der Waals surface area contributed by atoms with Crippen LogP contribution in [0.25, 0.3) is 0 Å². The third-order valence-corrected chi connectivity index (χ3v) is 6.20. The number of hydrogen-bond donors (Lipinski definition) is 2. The normalized spacial score (nSPS) is 38.2. The molecule has 4 rings (SSSR count). The zero-order chi connectivity index (χ0) is 16.6. The monoisotopic (exact) mass is 340 g/mol. The smallest absolute Gasteiger partial charge is 0.0827 e. The van der Waals surface area contributed by atoms with E-state index < -0.39 is 0 Å². The van der Waals surface area contributed by atoms with Gasteiger partial charge in [-0.3, -0.25) is 0 Å². The van der Waals surface area contributed by atoms with Crippen LogP contribution in [-0.2, 0) is 18.9 Å². The zero-order valence-corrected chi connectivity index (χ0v) is 14.6. The van der Waals surface area contributed by atoms with Crippen LogP contribution in [0.2, 0.25) is 0 Å². The summed E-state index contributed by atoms with van der Waals surface area (Å²) < 4.78 is 22.4. The number of unbranched alkanes of at least 4 members (excludes halogenated alkanes) is 1. The second kappa shape index (κ2) is 6.82. The van der Waals surface area contributed by atoms with Crippen molar-refractivity contribution >= 4 is 0 Å². The zero-order valence-electron chi connectivity index (χ0n) is 14.6. The van der Waals surface area contributed by atoms with Crippen molar-refractivity contribution in [2.24, 2.45) is 16.9 Å². The van der Waals surface area contributed by atoms with Crippen molar-refractivity contribution in [1.29, 1.82) is 0 Å². The van der Waals surface area contributed by atoms with Crippen LogP contribution < -0.4 is 11.5 Å². The topological polar surface area (TPSA) is 102 Å². The Morgan fingerprint density at radius 3 is 1.50 bits per heavy atom. The predicted molar refractivity (Wildman–Crippen MR) is 89.7 cm³/mol. The molecule has 6 heteroatoms. The lowest BCUT2D eigenvalue weighted by Gasteiger charge is -2.49. The second-order valence-electron chi connectivity index (χ2n) is 8.32. The van der Waals surface area contributed by atoms with Crippen LogP contribution in [0.3, 0.4) is 0 Å². The summed E-state index contributed by atoms with van der Waals surface area (Å²) in [6.07, 6.45) is 8.56. The van der Waals surface area contributed by atoms with Gasteiger partial charge in [0.15, 0.2) is 0 Å². The van der Waals surface area contributed by atoms with E-state index in [1.54, 1.807) is 0 Å². The fraction of sp³-hybridized carbons (Fsp3) is 1.00. The van der Waals surface area contributed by atoms with Crippen LogP contribution in [0.1, 0.15) is 44.9 Å². The molecule has 4 aliphatic rings. The van der Waals surface area contributed by atoms with E-state index in [0.717, 1.165) is 77.9 Å². The fourth-order valence-corrected chi connectivity index (χ4v) is 4.49. The van der Waals surface area contributed by atoms with Crippen molar-refractivity contribution in [2.75, 3.05) is 33.0 Å². The van der Waals surface area contributed by atoms with E-state index in [9.17, 15) is 0 Å². The summed E-state index contributed by atoms with van der Waals surface area (Å²) in [6.45, 7) is 4.19. The Balaban J connectivity index is 1.56. The van der Waals surface area contributed by atoms with Gasteiger partial charge in [-0.25, -0.2) is 0 Å². The first-order valence-electron chi connectivity index (χ1n) is 9.58. The minimum absolute atomic E-state index is 0.0302. The summed E-state index contributed by atoms with van der Waals surface area (Å²) in [4.78, 5) is 0. The van der Waals surface area contributed by atoms with Crippen molar-refractivity contribution in [3.05, 3.63) is 0 Å². The molecule has 4 unspecified atom stereocenters. The first kappa shape index (κ1) is 17.2. The molecule has 0 aliphatic carbocycles. The van der Waals surface area contributed by atoms with E-state index in [4.69, 9.17) is 30.4 Å². The first-order valence-corrected chi connectivity index (χ1v) is 9.58. The van der Waals surface area contributed by atoms with Crippen molar-refractivity contribution in [3.8, 4) is 0 Å². The van der Waals surface area contributed by atoms with E-state index >= 15 is 0 Å². The highest BCUT2D eigenvalue weighted by atomic mass is 16.6. The van der Waals surface area contributed by atoms with Gasteiger partial charge in [-0.2, -0.15) is 0 Å². The third kappa shape index (κ3) is 4.29.